The van der Waals surface area contributed by atoms with Crippen molar-refractivity contribution < 1.29 is 0 Å². The first-order valence-corrected chi connectivity index (χ1v) is 7.00. The Bertz CT molecular complexity index is 753. The van der Waals surface area contributed by atoms with Crippen molar-refractivity contribution in [2.45, 2.75) is 20.4 Å². The molecule has 0 spiro atoms. The third kappa shape index (κ3) is 2.18. The Balaban J connectivity index is 1.89. The van der Waals surface area contributed by atoms with E-state index in [-0.39, 0.29) is 0 Å². The Morgan fingerprint density at radius 3 is 2.65 bits per heavy atom. The van der Waals surface area contributed by atoms with Crippen molar-refractivity contribution in [1.82, 2.24) is 4.57 Å². The first kappa shape index (κ1) is 12.8. The maximum atomic E-state index is 3.56. The maximum Gasteiger partial charge on any atom is 0.0481 e. The van der Waals surface area contributed by atoms with E-state index in [9.17, 15) is 0 Å². The van der Waals surface area contributed by atoms with Crippen molar-refractivity contribution in [3.63, 3.8) is 0 Å². The van der Waals surface area contributed by atoms with Crippen molar-refractivity contribution in [1.29, 1.82) is 0 Å². The number of rotatable bonds is 3. The zero-order chi connectivity index (χ0) is 14.1. The van der Waals surface area contributed by atoms with Gasteiger partial charge < -0.3 is 9.88 Å². The summed E-state index contributed by atoms with van der Waals surface area (Å²) >= 11 is 0. The van der Waals surface area contributed by atoms with E-state index in [0.717, 1.165) is 6.54 Å². The summed E-state index contributed by atoms with van der Waals surface area (Å²) in [7, 11) is 2.10. The summed E-state index contributed by atoms with van der Waals surface area (Å²) in [6, 6.07) is 14.9. The Labute approximate surface area is 120 Å². The van der Waals surface area contributed by atoms with Gasteiger partial charge in [-0.2, -0.15) is 0 Å². The molecule has 3 rings (SSSR count). The highest BCUT2D eigenvalue weighted by molar-refractivity contribution is 5.84. The van der Waals surface area contributed by atoms with Gasteiger partial charge in [-0.25, -0.2) is 0 Å². The van der Waals surface area contributed by atoms with Crippen molar-refractivity contribution >= 4 is 16.6 Å². The fourth-order valence-corrected chi connectivity index (χ4v) is 2.70. The molecule has 0 saturated carbocycles. The second kappa shape index (κ2) is 5.04. The number of hydrogen-bond donors (Lipinski definition) is 1. The van der Waals surface area contributed by atoms with Crippen molar-refractivity contribution in [3.8, 4) is 0 Å². The molecule has 0 atom stereocenters. The standard InChI is InChI=1S/C18H20N2/c1-13-7-6-9-17(14(13)2)19-11-15-12-20(3)18-10-5-4-8-16(15)18/h4-10,12,19H,11H2,1-3H3. The third-order valence-electron chi connectivity index (χ3n) is 4.05. The maximum absolute atomic E-state index is 3.56. The van der Waals surface area contributed by atoms with Crippen molar-refractivity contribution in [2.75, 3.05) is 5.32 Å². The Morgan fingerprint density at radius 1 is 1.00 bits per heavy atom. The van der Waals surface area contributed by atoms with Gasteiger partial charge in [0.2, 0.25) is 0 Å². The highest BCUT2D eigenvalue weighted by Crippen LogP contribution is 2.23. The van der Waals surface area contributed by atoms with Gasteiger partial charge in [0.25, 0.3) is 0 Å². The number of para-hydroxylation sites is 1. The highest BCUT2D eigenvalue weighted by atomic mass is 14.9. The zero-order valence-corrected chi connectivity index (χ0v) is 12.3. The van der Waals surface area contributed by atoms with E-state index in [1.807, 2.05) is 0 Å². The van der Waals surface area contributed by atoms with E-state index >= 15 is 0 Å². The lowest BCUT2D eigenvalue weighted by molar-refractivity contribution is 0.955. The average Bonchev–Trinajstić information content (AvgIpc) is 2.78. The molecule has 1 aromatic heterocycles. The van der Waals surface area contributed by atoms with Gasteiger partial charge in [0.15, 0.2) is 0 Å². The van der Waals surface area contributed by atoms with Crippen LogP contribution < -0.4 is 5.32 Å². The molecule has 0 radical (unpaired) electrons. The second-order valence-corrected chi connectivity index (χ2v) is 5.38. The van der Waals surface area contributed by atoms with Crippen LogP contribution in [0.5, 0.6) is 0 Å². The van der Waals surface area contributed by atoms with Crippen LogP contribution in [-0.2, 0) is 13.6 Å². The zero-order valence-electron chi connectivity index (χ0n) is 12.3. The summed E-state index contributed by atoms with van der Waals surface area (Å²) in [5.74, 6) is 0. The summed E-state index contributed by atoms with van der Waals surface area (Å²) in [6.07, 6.45) is 2.21. The highest BCUT2D eigenvalue weighted by Gasteiger charge is 2.06. The van der Waals surface area contributed by atoms with Crippen LogP contribution in [0.1, 0.15) is 16.7 Å². The summed E-state index contributed by atoms with van der Waals surface area (Å²) in [4.78, 5) is 0. The first-order chi connectivity index (χ1) is 9.66. The summed E-state index contributed by atoms with van der Waals surface area (Å²) < 4.78 is 2.19. The van der Waals surface area contributed by atoms with Crippen molar-refractivity contribution in [2.24, 2.45) is 7.05 Å². The van der Waals surface area contributed by atoms with Gasteiger partial charge in [0.1, 0.15) is 0 Å². The lowest BCUT2D eigenvalue weighted by Crippen LogP contribution is -2.01. The average molecular weight is 264 g/mol. The van der Waals surface area contributed by atoms with E-state index in [2.05, 4.69) is 79.4 Å². The van der Waals surface area contributed by atoms with Gasteiger partial charge in [-0.15, -0.1) is 0 Å². The van der Waals surface area contributed by atoms with Crippen LogP contribution >= 0.6 is 0 Å². The molecular formula is C18H20N2. The molecule has 0 saturated heterocycles. The molecule has 20 heavy (non-hydrogen) atoms. The van der Waals surface area contributed by atoms with Gasteiger partial charge in [-0.05, 0) is 42.7 Å². The largest absolute Gasteiger partial charge is 0.381 e. The molecule has 2 nitrogen and oxygen atoms in total. The Morgan fingerprint density at radius 2 is 1.80 bits per heavy atom. The Kier molecular flexibility index (Phi) is 3.23. The smallest absolute Gasteiger partial charge is 0.0481 e. The monoisotopic (exact) mass is 264 g/mol. The first-order valence-electron chi connectivity index (χ1n) is 7.00. The molecule has 102 valence electrons. The van der Waals surface area contributed by atoms with Gasteiger partial charge in [-0.1, -0.05) is 30.3 Å². The number of hydrogen-bond acceptors (Lipinski definition) is 1. The molecule has 2 heteroatoms. The van der Waals surface area contributed by atoms with E-state index in [1.54, 1.807) is 0 Å². The number of benzene rings is 2. The molecule has 1 heterocycles. The molecule has 0 aliphatic carbocycles. The van der Waals surface area contributed by atoms with E-state index in [4.69, 9.17) is 0 Å². The van der Waals surface area contributed by atoms with Gasteiger partial charge in [-0.3, -0.25) is 0 Å². The van der Waals surface area contributed by atoms with Crippen LogP contribution in [0.25, 0.3) is 10.9 Å². The topological polar surface area (TPSA) is 17.0 Å². The van der Waals surface area contributed by atoms with Crippen LogP contribution in [0.2, 0.25) is 0 Å². The molecule has 0 aliphatic rings. The molecule has 1 N–H and O–H groups in total. The van der Waals surface area contributed by atoms with Crippen LogP contribution in [-0.4, -0.2) is 4.57 Å². The molecule has 0 aliphatic heterocycles. The molecule has 3 aromatic rings. The van der Waals surface area contributed by atoms with E-state index in [1.165, 1.54) is 33.3 Å². The van der Waals surface area contributed by atoms with Gasteiger partial charge >= 0.3 is 0 Å². The number of nitrogens with one attached hydrogen (secondary N) is 1. The lowest BCUT2D eigenvalue weighted by Gasteiger charge is -2.11. The number of aromatic nitrogens is 1. The lowest BCUT2D eigenvalue weighted by atomic mass is 10.1. The molecular weight excluding hydrogens is 244 g/mol. The van der Waals surface area contributed by atoms with E-state index in [0.29, 0.717) is 0 Å². The fourth-order valence-electron chi connectivity index (χ4n) is 2.70. The normalized spacial score (nSPS) is 10.9. The SMILES string of the molecule is Cc1cccc(NCc2cn(C)c3ccccc23)c1C. The van der Waals surface area contributed by atoms with Crippen LogP contribution in [0.4, 0.5) is 5.69 Å². The third-order valence-corrected chi connectivity index (χ3v) is 4.05. The second-order valence-electron chi connectivity index (χ2n) is 5.38. The van der Waals surface area contributed by atoms with Crippen LogP contribution in [0.15, 0.2) is 48.7 Å². The number of aryl methyl sites for hydroxylation is 2. The molecule has 2 aromatic carbocycles. The minimum atomic E-state index is 0.853. The quantitative estimate of drug-likeness (QED) is 0.741. The Hall–Kier alpha value is -2.22. The predicted molar refractivity (Wildman–Crippen MR) is 86.2 cm³/mol. The number of anilines is 1. The summed E-state index contributed by atoms with van der Waals surface area (Å²) in [5, 5.41) is 4.89. The minimum Gasteiger partial charge on any atom is -0.381 e. The molecule has 0 fully saturated rings. The molecule has 0 amide bonds. The number of nitrogens with zero attached hydrogens (tertiary/aromatic N) is 1. The van der Waals surface area contributed by atoms with Gasteiger partial charge in [0, 0.05) is 36.4 Å². The van der Waals surface area contributed by atoms with Crippen molar-refractivity contribution in [3.05, 3.63) is 65.4 Å². The summed E-state index contributed by atoms with van der Waals surface area (Å²) in [5.41, 5.74) is 6.49. The fraction of sp³-hybridized carbons (Fsp3) is 0.222. The number of fused-ring (bicyclic) bond motifs is 1. The summed E-state index contributed by atoms with van der Waals surface area (Å²) in [6.45, 7) is 5.17. The van der Waals surface area contributed by atoms with E-state index < -0.39 is 0 Å². The van der Waals surface area contributed by atoms with Crippen LogP contribution in [0, 0.1) is 13.8 Å². The molecule has 0 unspecified atom stereocenters. The van der Waals surface area contributed by atoms with Gasteiger partial charge in [0.05, 0.1) is 0 Å². The predicted octanol–water partition coefficient (Wildman–Crippen LogP) is 4.41. The van der Waals surface area contributed by atoms with Crippen LogP contribution in [0.3, 0.4) is 0 Å². The minimum absolute atomic E-state index is 0.853. The molecule has 0 bridgehead atoms.